The molecule has 1 N–H and O–H groups in total. The maximum atomic E-state index is 11.5. The number of aliphatic carboxylic acids is 1. The average Bonchev–Trinajstić information content (AvgIpc) is 3.49. The summed E-state index contributed by atoms with van der Waals surface area (Å²) < 4.78 is 18.8. The molecule has 0 spiro atoms. The van der Waals surface area contributed by atoms with Crippen LogP contribution in [0, 0.1) is 5.92 Å². The summed E-state index contributed by atoms with van der Waals surface area (Å²) in [5.74, 6) is 0.520. The van der Waals surface area contributed by atoms with Crippen LogP contribution in [0.25, 0.3) is 11.5 Å². The quantitative estimate of drug-likeness (QED) is 0.300. The van der Waals surface area contributed by atoms with Gasteiger partial charge in [-0.1, -0.05) is 37.3 Å². The van der Waals surface area contributed by atoms with E-state index in [0.29, 0.717) is 50.1 Å². The van der Waals surface area contributed by atoms with Gasteiger partial charge >= 0.3 is 5.97 Å². The molecule has 0 aliphatic rings. The largest absolute Gasteiger partial charge is 0.487 e. The molecule has 2 heterocycles. The summed E-state index contributed by atoms with van der Waals surface area (Å²) in [4.78, 5) is 15.9. The molecule has 2 aromatic heterocycles. The van der Waals surface area contributed by atoms with E-state index in [0.717, 1.165) is 22.4 Å². The number of hydrogen-bond donors (Lipinski definition) is 1. The molecular formula is C27H29N3O5. The van der Waals surface area contributed by atoms with Crippen molar-refractivity contribution in [1.29, 1.82) is 0 Å². The van der Waals surface area contributed by atoms with E-state index in [1.165, 1.54) is 0 Å². The zero-order valence-corrected chi connectivity index (χ0v) is 19.9. The second kappa shape index (κ2) is 11.4. The highest BCUT2D eigenvalue weighted by atomic mass is 16.5. The fourth-order valence-corrected chi connectivity index (χ4v) is 3.72. The van der Waals surface area contributed by atoms with Crippen molar-refractivity contribution in [3.05, 3.63) is 83.9 Å². The van der Waals surface area contributed by atoms with Gasteiger partial charge in [0.05, 0.1) is 19.1 Å². The number of nitrogens with zero attached hydrogens (tertiary/aromatic N) is 3. The standard InChI is InChI=1S/C27H29N3O5/c1-3-20(27(31)32)14-22-16-30(29-26(22)33-4-2)15-19-10-12-24(13-11-19)34-17-23-18-35-25(28-23)21-8-6-5-7-9-21/h5-13,16,18,20H,3-4,14-15,17H2,1-2H3,(H,31,32). The van der Waals surface area contributed by atoms with Crippen molar-refractivity contribution in [2.24, 2.45) is 5.92 Å². The highest BCUT2D eigenvalue weighted by molar-refractivity contribution is 5.70. The third-order valence-corrected chi connectivity index (χ3v) is 5.62. The molecule has 0 fully saturated rings. The predicted octanol–water partition coefficient (Wildman–Crippen LogP) is 5.22. The smallest absolute Gasteiger partial charge is 0.306 e. The number of rotatable bonds is 12. The zero-order chi connectivity index (χ0) is 24.6. The highest BCUT2D eigenvalue weighted by Gasteiger charge is 2.20. The molecule has 1 atom stereocenters. The van der Waals surface area contributed by atoms with Gasteiger partial charge in [-0.15, -0.1) is 5.10 Å². The molecule has 0 amide bonds. The summed E-state index contributed by atoms with van der Waals surface area (Å²) in [5, 5.41) is 13.9. The van der Waals surface area contributed by atoms with E-state index in [1.807, 2.05) is 74.6 Å². The molecule has 1 unspecified atom stereocenters. The van der Waals surface area contributed by atoms with Gasteiger partial charge in [0.15, 0.2) is 0 Å². The average molecular weight is 476 g/mol. The number of ether oxygens (including phenoxy) is 2. The Labute approximate surface area is 204 Å². The number of oxazole rings is 1. The minimum atomic E-state index is -0.805. The molecular weight excluding hydrogens is 446 g/mol. The third kappa shape index (κ3) is 6.29. The lowest BCUT2D eigenvalue weighted by atomic mass is 9.99. The lowest BCUT2D eigenvalue weighted by molar-refractivity contribution is -0.141. The van der Waals surface area contributed by atoms with Crippen molar-refractivity contribution in [3.63, 3.8) is 0 Å². The number of hydrogen-bond acceptors (Lipinski definition) is 6. The normalized spacial score (nSPS) is 11.8. The summed E-state index contributed by atoms with van der Waals surface area (Å²) in [6.45, 7) is 5.07. The Balaban J connectivity index is 1.36. The van der Waals surface area contributed by atoms with Crippen molar-refractivity contribution in [2.45, 2.75) is 39.8 Å². The van der Waals surface area contributed by atoms with Crippen LogP contribution in [0.3, 0.4) is 0 Å². The van der Waals surface area contributed by atoms with Gasteiger partial charge in [-0.05, 0) is 49.6 Å². The number of carboxylic acid groups (broad SMARTS) is 1. The van der Waals surface area contributed by atoms with E-state index in [4.69, 9.17) is 13.9 Å². The Bertz CT molecular complexity index is 1230. The van der Waals surface area contributed by atoms with E-state index in [2.05, 4.69) is 10.1 Å². The third-order valence-electron chi connectivity index (χ3n) is 5.62. The first-order chi connectivity index (χ1) is 17.1. The molecule has 0 bridgehead atoms. The van der Waals surface area contributed by atoms with Crippen LogP contribution < -0.4 is 9.47 Å². The first-order valence-electron chi connectivity index (χ1n) is 11.7. The molecule has 8 nitrogen and oxygen atoms in total. The summed E-state index contributed by atoms with van der Waals surface area (Å²) >= 11 is 0. The van der Waals surface area contributed by atoms with Gasteiger partial charge in [0.25, 0.3) is 0 Å². The maximum Gasteiger partial charge on any atom is 0.306 e. The van der Waals surface area contributed by atoms with Gasteiger partial charge < -0.3 is 19.0 Å². The Hall–Kier alpha value is -4.07. The molecule has 0 radical (unpaired) electrons. The second-order valence-corrected chi connectivity index (χ2v) is 8.18. The zero-order valence-electron chi connectivity index (χ0n) is 19.9. The van der Waals surface area contributed by atoms with E-state index in [1.54, 1.807) is 10.9 Å². The predicted molar refractivity (Wildman–Crippen MR) is 130 cm³/mol. The van der Waals surface area contributed by atoms with Crippen molar-refractivity contribution in [2.75, 3.05) is 6.61 Å². The molecule has 35 heavy (non-hydrogen) atoms. The van der Waals surface area contributed by atoms with Crippen LogP contribution in [0.4, 0.5) is 0 Å². The highest BCUT2D eigenvalue weighted by Crippen LogP contribution is 2.23. The fourth-order valence-electron chi connectivity index (χ4n) is 3.72. The fraction of sp³-hybridized carbons (Fsp3) is 0.296. The second-order valence-electron chi connectivity index (χ2n) is 8.18. The number of aromatic nitrogens is 3. The lowest BCUT2D eigenvalue weighted by Gasteiger charge is -2.09. The first kappa shape index (κ1) is 24.1. The monoisotopic (exact) mass is 475 g/mol. The van der Waals surface area contributed by atoms with Crippen molar-refractivity contribution in [1.82, 2.24) is 14.8 Å². The van der Waals surface area contributed by atoms with E-state index >= 15 is 0 Å². The molecule has 4 aromatic rings. The molecule has 0 aliphatic carbocycles. The van der Waals surface area contributed by atoms with Gasteiger partial charge in [0.2, 0.25) is 11.8 Å². The van der Waals surface area contributed by atoms with Crippen LogP contribution in [-0.4, -0.2) is 32.4 Å². The minimum absolute atomic E-state index is 0.304. The SMILES string of the molecule is CCOc1nn(Cc2ccc(OCc3coc(-c4ccccc4)n3)cc2)cc1CC(CC)C(=O)O. The van der Waals surface area contributed by atoms with Gasteiger partial charge in [0, 0.05) is 17.3 Å². The van der Waals surface area contributed by atoms with Crippen LogP contribution >= 0.6 is 0 Å². The van der Waals surface area contributed by atoms with E-state index in [-0.39, 0.29) is 0 Å². The van der Waals surface area contributed by atoms with E-state index < -0.39 is 11.9 Å². The minimum Gasteiger partial charge on any atom is -0.487 e. The Morgan fingerprint density at radius 1 is 1.09 bits per heavy atom. The molecule has 8 heteroatoms. The molecule has 2 aromatic carbocycles. The first-order valence-corrected chi connectivity index (χ1v) is 11.7. The number of benzene rings is 2. The van der Waals surface area contributed by atoms with E-state index in [9.17, 15) is 9.90 Å². The molecule has 182 valence electrons. The van der Waals surface area contributed by atoms with Crippen molar-refractivity contribution < 1.29 is 23.8 Å². The summed E-state index contributed by atoms with van der Waals surface area (Å²) in [6, 6.07) is 17.5. The number of carboxylic acids is 1. The molecule has 0 aliphatic heterocycles. The summed E-state index contributed by atoms with van der Waals surface area (Å²) in [6.07, 6.45) is 4.42. The van der Waals surface area contributed by atoms with Gasteiger partial charge in [-0.2, -0.15) is 0 Å². The molecule has 0 saturated heterocycles. The maximum absolute atomic E-state index is 11.5. The number of carbonyl (C=O) groups is 1. The van der Waals surface area contributed by atoms with Crippen LogP contribution in [0.15, 0.2) is 71.5 Å². The van der Waals surface area contributed by atoms with Crippen LogP contribution in [0.2, 0.25) is 0 Å². The topological polar surface area (TPSA) is 99.6 Å². The van der Waals surface area contributed by atoms with Crippen LogP contribution in [0.1, 0.15) is 37.1 Å². The van der Waals surface area contributed by atoms with Gasteiger partial charge in [-0.3, -0.25) is 9.48 Å². The lowest BCUT2D eigenvalue weighted by Crippen LogP contribution is -2.15. The molecule has 4 rings (SSSR count). The van der Waals surface area contributed by atoms with Crippen molar-refractivity contribution >= 4 is 5.97 Å². The summed E-state index contributed by atoms with van der Waals surface area (Å²) in [7, 11) is 0. The van der Waals surface area contributed by atoms with Gasteiger partial charge in [-0.25, -0.2) is 4.98 Å². The van der Waals surface area contributed by atoms with Gasteiger partial charge in [0.1, 0.15) is 24.3 Å². The van der Waals surface area contributed by atoms with Crippen LogP contribution in [0.5, 0.6) is 11.6 Å². The van der Waals surface area contributed by atoms with Crippen LogP contribution in [-0.2, 0) is 24.4 Å². The summed E-state index contributed by atoms with van der Waals surface area (Å²) in [5.41, 5.74) is 3.48. The Morgan fingerprint density at radius 3 is 2.54 bits per heavy atom. The molecule has 0 saturated carbocycles. The Morgan fingerprint density at radius 2 is 1.86 bits per heavy atom. The Kier molecular flexibility index (Phi) is 7.82. The van der Waals surface area contributed by atoms with Crippen molar-refractivity contribution in [3.8, 4) is 23.1 Å².